The van der Waals surface area contributed by atoms with E-state index >= 15 is 0 Å². The van der Waals surface area contributed by atoms with Gasteiger partial charge in [-0.1, -0.05) is 11.6 Å². The first kappa shape index (κ1) is 19.3. The van der Waals surface area contributed by atoms with E-state index in [1.807, 2.05) is 6.92 Å². The van der Waals surface area contributed by atoms with Gasteiger partial charge in [0.15, 0.2) is 11.8 Å². The van der Waals surface area contributed by atoms with Crippen LogP contribution in [0, 0.1) is 19.8 Å². The van der Waals surface area contributed by atoms with Crippen molar-refractivity contribution in [2.45, 2.75) is 26.7 Å². The van der Waals surface area contributed by atoms with E-state index in [4.69, 9.17) is 16.3 Å². The summed E-state index contributed by atoms with van der Waals surface area (Å²) in [6, 6.07) is 3.22. The number of aryl methyl sites for hydroxylation is 1. The van der Waals surface area contributed by atoms with Crippen molar-refractivity contribution in [1.82, 2.24) is 4.98 Å². The minimum atomic E-state index is -0.657. The molecule has 1 fully saturated rings. The van der Waals surface area contributed by atoms with E-state index in [1.165, 1.54) is 17.5 Å². The summed E-state index contributed by atoms with van der Waals surface area (Å²) in [7, 11) is 0. The highest BCUT2D eigenvalue weighted by Crippen LogP contribution is 2.36. The lowest BCUT2D eigenvalue weighted by Gasteiger charge is -2.09. The maximum atomic E-state index is 12.5. The van der Waals surface area contributed by atoms with Gasteiger partial charge < -0.3 is 15.4 Å². The number of amides is 2. The van der Waals surface area contributed by atoms with Gasteiger partial charge in [-0.05, 0) is 44.4 Å². The van der Waals surface area contributed by atoms with E-state index in [1.54, 1.807) is 19.1 Å². The number of nitrogens with one attached hydrogen (secondary N) is 2. The Kier molecular flexibility index (Phi) is 5.76. The smallest absolute Gasteiger partial charge is 0.341 e. The van der Waals surface area contributed by atoms with Gasteiger partial charge in [0, 0.05) is 17.0 Å². The molecule has 7 nitrogen and oxygen atoms in total. The number of ether oxygens (including phenoxy) is 1. The summed E-state index contributed by atoms with van der Waals surface area (Å²) in [5.74, 6) is -1.26. The zero-order valence-corrected chi connectivity index (χ0v) is 16.4. The molecule has 0 spiro atoms. The van der Waals surface area contributed by atoms with Gasteiger partial charge in [0.05, 0.1) is 11.3 Å². The third-order valence-electron chi connectivity index (χ3n) is 4.14. The van der Waals surface area contributed by atoms with Crippen LogP contribution in [0.4, 0.5) is 10.7 Å². The van der Waals surface area contributed by atoms with E-state index in [-0.39, 0.29) is 17.0 Å². The second-order valence-corrected chi connectivity index (χ2v) is 7.80. The molecule has 2 heterocycles. The zero-order chi connectivity index (χ0) is 19.6. The van der Waals surface area contributed by atoms with Crippen molar-refractivity contribution < 1.29 is 19.1 Å². The van der Waals surface area contributed by atoms with Gasteiger partial charge in [-0.3, -0.25) is 9.59 Å². The van der Waals surface area contributed by atoms with Gasteiger partial charge in [0.1, 0.15) is 5.00 Å². The number of rotatable bonds is 6. The van der Waals surface area contributed by atoms with Crippen molar-refractivity contribution in [3.63, 3.8) is 0 Å². The number of nitrogens with zero attached hydrogens (tertiary/aromatic N) is 1. The second kappa shape index (κ2) is 8.06. The van der Waals surface area contributed by atoms with Crippen LogP contribution in [0.1, 0.15) is 33.6 Å². The quantitative estimate of drug-likeness (QED) is 0.563. The molecule has 0 saturated heterocycles. The lowest BCUT2D eigenvalue weighted by molar-refractivity contribution is -0.119. The van der Waals surface area contributed by atoms with Crippen LogP contribution in [0.15, 0.2) is 18.3 Å². The predicted molar refractivity (Wildman–Crippen MR) is 103 cm³/mol. The molecule has 2 N–H and O–H groups in total. The highest BCUT2D eigenvalue weighted by atomic mass is 35.5. The third-order valence-corrected chi connectivity index (χ3v) is 5.57. The average molecular weight is 408 g/mol. The molecule has 0 atom stereocenters. The number of esters is 1. The second-order valence-electron chi connectivity index (χ2n) is 6.22. The van der Waals surface area contributed by atoms with E-state index in [2.05, 4.69) is 15.6 Å². The van der Waals surface area contributed by atoms with Crippen molar-refractivity contribution in [2.75, 3.05) is 17.2 Å². The first-order valence-corrected chi connectivity index (χ1v) is 9.54. The van der Waals surface area contributed by atoms with Gasteiger partial charge in [-0.2, -0.15) is 0 Å². The first-order chi connectivity index (χ1) is 12.9. The number of halogens is 1. The minimum absolute atomic E-state index is 0.0200. The molecule has 27 heavy (non-hydrogen) atoms. The Morgan fingerprint density at radius 2 is 2.04 bits per heavy atom. The van der Waals surface area contributed by atoms with Crippen molar-refractivity contribution in [3.8, 4) is 0 Å². The molecule has 0 aliphatic heterocycles. The molecular weight excluding hydrogens is 390 g/mol. The molecule has 0 aromatic carbocycles. The van der Waals surface area contributed by atoms with E-state index < -0.39 is 18.5 Å². The van der Waals surface area contributed by atoms with E-state index in [0.29, 0.717) is 16.3 Å². The molecule has 142 valence electrons. The first-order valence-electron chi connectivity index (χ1n) is 8.35. The summed E-state index contributed by atoms with van der Waals surface area (Å²) < 4.78 is 5.14. The molecule has 1 saturated carbocycles. The summed E-state index contributed by atoms with van der Waals surface area (Å²) in [5, 5.41) is 5.94. The molecule has 0 unspecified atom stereocenters. The van der Waals surface area contributed by atoms with Crippen molar-refractivity contribution in [2.24, 2.45) is 5.92 Å². The fourth-order valence-corrected chi connectivity index (χ4v) is 3.61. The normalized spacial score (nSPS) is 13.1. The highest BCUT2D eigenvalue weighted by Gasteiger charge is 2.31. The molecule has 9 heteroatoms. The van der Waals surface area contributed by atoms with Gasteiger partial charge in [0.2, 0.25) is 5.91 Å². The Labute approximate surface area is 165 Å². The molecule has 3 rings (SSSR count). The number of carbonyl (C=O) groups is 3. The van der Waals surface area contributed by atoms with Crippen molar-refractivity contribution in [3.05, 3.63) is 39.5 Å². The molecule has 1 aliphatic rings. The molecule has 0 radical (unpaired) electrons. The van der Waals surface area contributed by atoms with Gasteiger partial charge in [-0.25, -0.2) is 9.78 Å². The standard InChI is InChI=1S/C18H18ClN3O4S/c1-9-10(2)27-17(22-16(24)11-5-6-11)14(9)18(25)26-8-13(23)21-12-4-3-7-20-15(12)19/h3-4,7,11H,5-6,8H2,1-2H3,(H,21,23)(H,22,24). The monoisotopic (exact) mass is 407 g/mol. The van der Waals surface area contributed by atoms with Crippen molar-refractivity contribution >= 4 is 51.4 Å². The van der Waals surface area contributed by atoms with Gasteiger partial charge in [0.25, 0.3) is 5.91 Å². The Balaban J connectivity index is 1.64. The number of thiophene rings is 1. The predicted octanol–water partition coefficient (Wildman–Crippen LogP) is 3.56. The molecule has 2 amide bonds. The maximum Gasteiger partial charge on any atom is 0.341 e. The summed E-state index contributed by atoms with van der Waals surface area (Å²) >= 11 is 7.20. The van der Waals surface area contributed by atoms with Gasteiger partial charge >= 0.3 is 5.97 Å². The fourth-order valence-electron chi connectivity index (χ4n) is 2.39. The Bertz CT molecular complexity index is 908. The fraction of sp³-hybridized carbons (Fsp3) is 0.333. The zero-order valence-electron chi connectivity index (χ0n) is 14.8. The van der Waals surface area contributed by atoms with Crippen LogP contribution in [0.25, 0.3) is 0 Å². The topological polar surface area (TPSA) is 97.4 Å². The van der Waals surface area contributed by atoms with Crippen LogP contribution in [0.2, 0.25) is 5.15 Å². The lowest BCUT2D eigenvalue weighted by Crippen LogP contribution is -2.22. The van der Waals surface area contributed by atoms with Gasteiger partial charge in [-0.15, -0.1) is 11.3 Å². The summed E-state index contributed by atoms with van der Waals surface area (Å²) in [5.41, 5.74) is 1.35. The number of pyridine rings is 1. The number of hydrogen-bond acceptors (Lipinski definition) is 6. The molecule has 2 aromatic rings. The molecular formula is C18H18ClN3O4S. The Morgan fingerprint density at radius 3 is 2.70 bits per heavy atom. The van der Waals surface area contributed by atoms with Crippen LogP contribution in [-0.2, 0) is 14.3 Å². The molecule has 0 bridgehead atoms. The average Bonchev–Trinajstić information content (AvgIpc) is 3.43. The number of carbonyl (C=O) groups excluding carboxylic acids is 3. The number of anilines is 2. The van der Waals surface area contributed by atoms with Crippen LogP contribution in [0.3, 0.4) is 0 Å². The van der Waals surface area contributed by atoms with Crippen molar-refractivity contribution in [1.29, 1.82) is 0 Å². The SMILES string of the molecule is Cc1sc(NC(=O)C2CC2)c(C(=O)OCC(=O)Nc2cccnc2Cl)c1C. The van der Waals surface area contributed by atoms with E-state index in [0.717, 1.165) is 23.3 Å². The summed E-state index contributed by atoms with van der Waals surface area (Å²) in [6.45, 7) is 3.17. The number of hydrogen-bond donors (Lipinski definition) is 2. The van der Waals surface area contributed by atoms with Crippen LogP contribution in [-0.4, -0.2) is 29.4 Å². The highest BCUT2D eigenvalue weighted by molar-refractivity contribution is 7.16. The molecule has 2 aromatic heterocycles. The molecule has 1 aliphatic carbocycles. The lowest BCUT2D eigenvalue weighted by atomic mass is 10.1. The third kappa shape index (κ3) is 4.64. The Hall–Kier alpha value is -2.45. The minimum Gasteiger partial charge on any atom is -0.452 e. The van der Waals surface area contributed by atoms with Crippen LogP contribution < -0.4 is 10.6 Å². The largest absolute Gasteiger partial charge is 0.452 e. The maximum absolute atomic E-state index is 12.5. The van der Waals surface area contributed by atoms with E-state index in [9.17, 15) is 14.4 Å². The summed E-state index contributed by atoms with van der Waals surface area (Å²) in [4.78, 5) is 41.3. The Morgan fingerprint density at radius 1 is 1.30 bits per heavy atom. The number of aromatic nitrogens is 1. The summed E-state index contributed by atoms with van der Waals surface area (Å²) in [6.07, 6.45) is 3.23. The van der Waals surface area contributed by atoms with Crippen LogP contribution >= 0.6 is 22.9 Å². The van der Waals surface area contributed by atoms with Crippen LogP contribution in [0.5, 0.6) is 0 Å².